The van der Waals surface area contributed by atoms with E-state index in [0.717, 1.165) is 18.0 Å². The number of hydrogen-bond acceptors (Lipinski definition) is 2. The highest BCUT2D eigenvalue weighted by molar-refractivity contribution is 5.29. The lowest BCUT2D eigenvalue weighted by atomic mass is 9.83. The number of nitrogens with one attached hydrogen (secondary N) is 1. The second kappa shape index (κ2) is 6.48. The molecule has 0 aliphatic heterocycles. The molecule has 20 heavy (non-hydrogen) atoms. The van der Waals surface area contributed by atoms with Crippen molar-refractivity contribution in [2.24, 2.45) is 5.92 Å². The van der Waals surface area contributed by atoms with Crippen LogP contribution in [0.25, 0.3) is 0 Å². The lowest BCUT2D eigenvalue weighted by Gasteiger charge is -2.26. The lowest BCUT2D eigenvalue weighted by molar-refractivity contribution is -0.274. The van der Waals surface area contributed by atoms with Crippen LogP contribution in [0.2, 0.25) is 0 Å². The molecule has 1 aromatic rings. The zero-order chi connectivity index (χ0) is 14.6. The standard InChI is InChI=1S/C15H20F3NO/c1-11(19-10-9-12-3-2-4-12)13-5-7-14(8-6-13)20-15(16,17)18/h5-8,11-12,19H,2-4,9-10H2,1H3. The number of hydrogen-bond donors (Lipinski definition) is 1. The van der Waals surface area contributed by atoms with Gasteiger partial charge >= 0.3 is 6.36 Å². The van der Waals surface area contributed by atoms with Crippen molar-refractivity contribution >= 4 is 0 Å². The van der Waals surface area contributed by atoms with Crippen molar-refractivity contribution < 1.29 is 17.9 Å². The first-order chi connectivity index (χ1) is 9.44. The van der Waals surface area contributed by atoms with Crippen molar-refractivity contribution in [2.45, 2.75) is 45.0 Å². The van der Waals surface area contributed by atoms with Crippen molar-refractivity contribution in [1.29, 1.82) is 0 Å². The Morgan fingerprint density at radius 3 is 2.40 bits per heavy atom. The van der Waals surface area contributed by atoms with Crippen LogP contribution in [0.3, 0.4) is 0 Å². The Hall–Kier alpha value is -1.23. The Kier molecular flexibility index (Phi) is 4.91. The van der Waals surface area contributed by atoms with Crippen LogP contribution in [0.15, 0.2) is 24.3 Å². The molecule has 0 amide bonds. The molecule has 2 nitrogen and oxygen atoms in total. The van der Waals surface area contributed by atoms with Crippen LogP contribution < -0.4 is 10.1 Å². The minimum Gasteiger partial charge on any atom is -0.406 e. The molecular weight excluding hydrogens is 267 g/mol. The van der Waals surface area contributed by atoms with Crippen molar-refractivity contribution in [3.63, 3.8) is 0 Å². The summed E-state index contributed by atoms with van der Waals surface area (Å²) in [5, 5.41) is 3.40. The lowest BCUT2D eigenvalue weighted by Crippen LogP contribution is -2.24. The Bertz CT molecular complexity index is 412. The summed E-state index contributed by atoms with van der Waals surface area (Å²) < 4.78 is 40.0. The fraction of sp³-hybridized carbons (Fsp3) is 0.600. The third-order valence-electron chi connectivity index (χ3n) is 3.84. The molecule has 0 aromatic heterocycles. The molecule has 0 spiro atoms. The van der Waals surface area contributed by atoms with Crippen LogP contribution in [0.1, 0.15) is 44.2 Å². The molecule has 1 atom stereocenters. The molecule has 1 unspecified atom stereocenters. The number of alkyl halides is 3. The SMILES string of the molecule is CC(NCCC1CCC1)c1ccc(OC(F)(F)F)cc1. The molecule has 0 heterocycles. The summed E-state index contributed by atoms with van der Waals surface area (Å²) >= 11 is 0. The quantitative estimate of drug-likeness (QED) is 0.836. The predicted octanol–water partition coefficient (Wildman–Crippen LogP) is 4.43. The van der Waals surface area contributed by atoms with Crippen LogP contribution >= 0.6 is 0 Å². The van der Waals surface area contributed by atoms with Gasteiger partial charge in [0.15, 0.2) is 0 Å². The van der Waals surface area contributed by atoms with Gasteiger partial charge in [-0.2, -0.15) is 0 Å². The highest BCUT2D eigenvalue weighted by Gasteiger charge is 2.31. The smallest absolute Gasteiger partial charge is 0.406 e. The van der Waals surface area contributed by atoms with E-state index < -0.39 is 6.36 Å². The van der Waals surface area contributed by atoms with Gasteiger partial charge in [0.05, 0.1) is 0 Å². The topological polar surface area (TPSA) is 21.3 Å². The summed E-state index contributed by atoms with van der Waals surface area (Å²) in [6, 6.07) is 6.18. The molecule has 1 aliphatic rings. The fourth-order valence-corrected chi connectivity index (χ4v) is 2.36. The minimum absolute atomic E-state index is 0.134. The fourth-order valence-electron chi connectivity index (χ4n) is 2.36. The van der Waals surface area contributed by atoms with Crippen LogP contribution in [0.4, 0.5) is 13.2 Å². The molecule has 0 radical (unpaired) electrons. The summed E-state index contributed by atoms with van der Waals surface area (Å²) in [4.78, 5) is 0. The van der Waals surface area contributed by atoms with Gasteiger partial charge in [-0.15, -0.1) is 13.2 Å². The number of halogens is 3. The van der Waals surface area contributed by atoms with Gasteiger partial charge in [-0.1, -0.05) is 31.4 Å². The molecule has 1 saturated carbocycles. The summed E-state index contributed by atoms with van der Waals surface area (Å²) in [5.74, 6) is 0.681. The van der Waals surface area contributed by atoms with Crippen LogP contribution in [0.5, 0.6) is 5.75 Å². The van der Waals surface area contributed by atoms with E-state index in [1.54, 1.807) is 12.1 Å². The largest absolute Gasteiger partial charge is 0.573 e. The first-order valence-electron chi connectivity index (χ1n) is 7.03. The number of ether oxygens (including phenoxy) is 1. The van der Waals surface area contributed by atoms with Gasteiger partial charge in [-0.05, 0) is 43.5 Å². The molecule has 5 heteroatoms. The van der Waals surface area contributed by atoms with Crippen LogP contribution in [-0.4, -0.2) is 12.9 Å². The number of rotatable bonds is 6. The van der Waals surface area contributed by atoms with Crippen molar-refractivity contribution in [3.05, 3.63) is 29.8 Å². The average Bonchev–Trinajstić information content (AvgIpc) is 2.31. The van der Waals surface area contributed by atoms with E-state index in [2.05, 4.69) is 10.1 Å². The summed E-state index contributed by atoms with van der Waals surface area (Å²) in [6.07, 6.45) is 0.563. The Labute approximate surface area is 117 Å². The molecule has 1 fully saturated rings. The maximum absolute atomic E-state index is 12.0. The highest BCUT2D eigenvalue weighted by Crippen LogP contribution is 2.29. The molecule has 0 saturated heterocycles. The van der Waals surface area contributed by atoms with Gasteiger partial charge in [0, 0.05) is 6.04 Å². The molecule has 1 aromatic carbocycles. The van der Waals surface area contributed by atoms with E-state index in [4.69, 9.17) is 0 Å². The first-order valence-corrected chi connectivity index (χ1v) is 7.03. The maximum atomic E-state index is 12.0. The molecular formula is C15H20F3NO. The second-order valence-electron chi connectivity index (χ2n) is 5.38. The molecule has 112 valence electrons. The maximum Gasteiger partial charge on any atom is 0.573 e. The van der Waals surface area contributed by atoms with E-state index in [1.807, 2.05) is 6.92 Å². The van der Waals surface area contributed by atoms with Gasteiger partial charge in [0.1, 0.15) is 5.75 Å². The van der Waals surface area contributed by atoms with E-state index >= 15 is 0 Å². The van der Waals surface area contributed by atoms with E-state index in [9.17, 15) is 13.2 Å². The minimum atomic E-state index is -4.63. The summed E-state index contributed by atoms with van der Waals surface area (Å²) in [5.41, 5.74) is 0.966. The third kappa shape index (κ3) is 4.71. The average molecular weight is 287 g/mol. The predicted molar refractivity (Wildman–Crippen MR) is 71.5 cm³/mol. The zero-order valence-electron chi connectivity index (χ0n) is 11.5. The van der Waals surface area contributed by atoms with Gasteiger partial charge < -0.3 is 10.1 Å². The van der Waals surface area contributed by atoms with E-state index in [-0.39, 0.29) is 11.8 Å². The Morgan fingerprint density at radius 2 is 1.90 bits per heavy atom. The van der Waals surface area contributed by atoms with Crippen LogP contribution in [-0.2, 0) is 0 Å². The van der Waals surface area contributed by atoms with Crippen molar-refractivity contribution in [3.8, 4) is 5.75 Å². The highest BCUT2D eigenvalue weighted by atomic mass is 19.4. The Balaban J connectivity index is 1.78. The molecule has 1 N–H and O–H groups in total. The van der Waals surface area contributed by atoms with Crippen molar-refractivity contribution in [2.75, 3.05) is 6.54 Å². The zero-order valence-corrected chi connectivity index (χ0v) is 11.5. The van der Waals surface area contributed by atoms with Crippen molar-refractivity contribution in [1.82, 2.24) is 5.32 Å². The van der Waals surface area contributed by atoms with Crippen LogP contribution in [0, 0.1) is 5.92 Å². The van der Waals surface area contributed by atoms with Gasteiger partial charge in [-0.3, -0.25) is 0 Å². The van der Waals surface area contributed by atoms with E-state index in [0.29, 0.717) is 0 Å². The number of benzene rings is 1. The van der Waals surface area contributed by atoms with Gasteiger partial charge in [-0.25, -0.2) is 0 Å². The Morgan fingerprint density at radius 1 is 1.25 bits per heavy atom. The van der Waals surface area contributed by atoms with E-state index in [1.165, 1.54) is 37.8 Å². The molecule has 1 aliphatic carbocycles. The van der Waals surface area contributed by atoms with Gasteiger partial charge in [0.25, 0.3) is 0 Å². The second-order valence-corrected chi connectivity index (χ2v) is 5.38. The van der Waals surface area contributed by atoms with Gasteiger partial charge in [0.2, 0.25) is 0 Å². The normalized spacial score (nSPS) is 17.6. The monoisotopic (exact) mass is 287 g/mol. The molecule has 0 bridgehead atoms. The summed E-state index contributed by atoms with van der Waals surface area (Å²) in [7, 11) is 0. The first kappa shape index (κ1) is 15.2. The summed E-state index contributed by atoms with van der Waals surface area (Å²) in [6.45, 7) is 2.97. The third-order valence-corrected chi connectivity index (χ3v) is 3.84. The molecule has 2 rings (SSSR count).